The van der Waals surface area contributed by atoms with Crippen molar-refractivity contribution in [3.8, 4) is 5.75 Å². The Labute approximate surface area is 102 Å². The van der Waals surface area contributed by atoms with Gasteiger partial charge in [-0.2, -0.15) is 0 Å². The van der Waals surface area contributed by atoms with Gasteiger partial charge in [0, 0.05) is 5.69 Å². The molecule has 94 valence electrons. The van der Waals surface area contributed by atoms with E-state index in [-0.39, 0.29) is 0 Å². The summed E-state index contributed by atoms with van der Waals surface area (Å²) in [7, 11) is 0. The SMILES string of the molecule is CCCOC(=O)c1cc(OCCC)ccc1N. The van der Waals surface area contributed by atoms with Crippen molar-refractivity contribution < 1.29 is 14.3 Å². The number of esters is 1. The first-order chi connectivity index (χ1) is 8.19. The van der Waals surface area contributed by atoms with Crippen LogP contribution in [0.3, 0.4) is 0 Å². The molecule has 1 rings (SSSR count). The highest BCUT2D eigenvalue weighted by atomic mass is 16.5. The Hall–Kier alpha value is -1.71. The Morgan fingerprint density at radius 1 is 1.24 bits per heavy atom. The number of rotatable bonds is 6. The molecule has 4 nitrogen and oxygen atoms in total. The Bertz CT molecular complexity index is 377. The predicted octanol–water partition coefficient (Wildman–Crippen LogP) is 2.62. The first-order valence-corrected chi connectivity index (χ1v) is 5.88. The molecule has 17 heavy (non-hydrogen) atoms. The van der Waals surface area contributed by atoms with E-state index in [4.69, 9.17) is 15.2 Å². The summed E-state index contributed by atoms with van der Waals surface area (Å²) in [6, 6.07) is 5.04. The molecular weight excluding hydrogens is 218 g/mol. The third-order valence-electron chi connectivity index (χ3n) is 2.15. The summed E-state index contributed by atoms with van der Waals surface area (Å²) in [6.45, 7) is 4.98. The van der Waals surface area contributed by atoms with E-state index in [1.807, 2.05) is 13.8 Å². The molecular formula is C13H19NO3. The number of carbonyl (C=O) groups is 1. The fraction of sp³-hybridized carbons (Fsp3) is 0.462. The molecule has 2 N–H and O–H groups in total. The van der Waals surface area contributed by atoms with Crippen molar-refractivity contribution in [1.82, 2.24) is 0 Å². The van der Waals surface area contributed by atoms with Crippen molar-refractivity contribution in [2.24, 2.45) is 0 Å². The standard InChI is InChI=1S/C13H19NO3/c1-3-7-16-10-5-6-12(14)11(9-10)13(15)17-8-4-2/h5-6,9H,3-4,7-8,14H2,1-2H3. The van der Waals surface area contributed by atoms with E-state index in [1.54, 1.807) is 18.2 Å². The Morgan fingerprint density at radius 3 is 2.59 bits per heavy atom. The number of hydrogen-bond donors (Lipinski definition) is 1. The van der Waals surface area contributed by atoms with Gasteiger partial charge in [-0.05, 0) is 31.0 Å². The van der Waals surface area contributed by atoms with Crippen LogP contribution in [0.4, 0.5) is 5.69 Å². The van der Waals surface area contributed by atoms with Crippen molar-refractivity contribution >= 4 is 11.7 Å². The second kappa shape index (κ2) is 6.78. The molecule has 0 fully saturated rings. The lowest BCUT2D eigenvalue weighted by Crippen LogP contribution is -2.09. The van der Waals surface area contributed by atoms with Crippen LogP contribution in [-0.2, 0) is 4.74 Å². The smallest absolute Gasteiger partial charge is 0.340 e. The molecule has 0 aliphatic rings. The molecule has 0 amide bonds. The quantitative estimate of drug-likeness (QED) is 0.610. The van der Waals surface area contributed by atoms with Crippen LogP contribution in [0, 0.1) is 0 Å². The molecule has 0 unspecified atom stereocenters. The minimum absolute atomic E-state index is 0.368. The largest absolute Gasteiger partial charge is 0.494 e. The van der Waals surface area contributed by atoms with Gasteiger partial charge in [-0.1, -0.05) is 13.8 Å². The molecule has 4 heteroatoms. The van der Waals surface area contributed by atoms with E-state index < -0.39 is 5.97 Å². The topological polar surface area (TPSA) is 61.5 Å². The normalized spacial score (nSPS) is 10.0. The fourth-order valence-electron chi connectivity index (χ4n) is 1.29. The average Bonchev–Trinajstić information content (AvgIpc) is 2.35. The third-order valence-corrected chi connectivity index (χ3v) is 2.15. The van der Waals surface area contributed by atoms with Crippen LogP contribution in [0.1, 0.15) is 37.0 Å². The molecule has 0 radical (unpaired) electrons. The van der Waals surface area contributed by atoms with Crippen LogP contribution >= 0.6 is 0 Å². The van der Waals surface area contributed by atoms with Gasteiger partial charge in [0.1, 0.15) is 5.75 Å². The molecule has 0 saturated heterocycles. The lowest BCUT2D eigenvalue weighted by Gasteiger charge is -2.09. The molecule has 0 saturated carbocycles. The number of anilines is 1. The van der Waals surface area contributed by atoms with E-state index >= 15 is 0 Å². The molecule has 0 heterocycles. The van der Waals surface area contributed by atoms with E-state index in [1.165, 1.54) is 0 Å². The number of nitrogens with two attached hydrogens (primary N) is 1. The molecule has 1 aromatic carbocycles. The van der Waals surface area contributed by atoms with E-state index in [0.29, 0.717) is 30.2 Å². The summed E-state index contributed by atoms with van der Waals surface area (Å²) < 4.78 is 10.5. The van der Waals surface area contributed by atoms with Crippen LogP contribution in [-0.4, -0.2) is 19.2 Å². The van der Waals surface area contributed by atoms with Crippen molar-refractivity contribution in [2.45, 2.75) is 26.7 Å². The van der Waals surface area contributed by atoms with Crippen LogP contribution < -0.4 is 10.5 Å². The van der Waals surface area contributed by atoms with Gasteiger partial charge in [0.2, 0.25) is 0 Å². The van der Waals surface area contributed by atoms with E-state index in [0.717, 1.165) is 12.8 Å². The predicted molar refractivity (Wildman–Crippen MR) is 67.2 cm³/mol. The van der Waals surface area contributed by atoms with Gasteiger partial charge in [-0.25, -0.2) is 4.79 Å². The van der Waals surface area contributed by atoms with Crippen molar-refractivity contribution in [2.75, 3.05) is 18.9 Å². The number of benzene rings is 1. The maximum atomic E-state index is 11.7. The lowest BCUT2D eigenvalue weighted by atomic mass is 10.1. The molecule has 0 spiro atoms. The zero-order valence-corrected chi connectivity index (χ0v) is 10.4. The summed E-state index contributed by atoms with van der Waals surface area (Å²) in [6.07, 6.45) is 1.71. The van der Waals surface area contributed by atoms with E-state index in [2.05, 4.69) is 0 Å². The zero-order valence-electron chi connectivity index (χ0n) is 10.4. The van der Waals surface area contributed by atoms with Gasteiger partial charge in [0.05, 0.1) is 18.8 Å². The minimum Gasteiger partial charge on any atom is -0.494 e. The summed E-state index contributed by atoms with van der Waals surface area (Å²) in [4.78, 5) is 11.7. The monoisotopic (exact) mass is 237 g/mol. The summed E-state index contributed by atoms with van der Waals surface area (Å²) in [5.41, 5.74) is 6.51. The first-order valence-electron chi connectivity index (χ1n) is 5.88. The highest BCUT2D eigenvalue weighted by molar-refractivity contribution is 5.95. The maximum absolute atomic E-state index is 11.7. The van der Waals surface area contributed by atoms with Crippen LogP contribution in [0.25, 0.3) is 0 Å². The third kappa shape index (κ3) is 3.98. The molecule has 0 atom stereocenters. The minimum atomic E-state index is -0.397. The number of hydrogen-bond acceptors (Lipinski definition) is 4. The summed E-state index contributed by atoms with van der Waals surface area (Å²) in [5.74, 6) is 0.246. The Balaban J connectivity index is 2.78. The van der Waals surface area contributed by atoms with Gasteiger partial charge < -0.3 is 15.2 Å². The second-order valence-corrected chi connectivity index (χ2v) is 3.73. The van der Waals surface area contributed by atoms with Gasteiger partial charge in [0.15, 0.2) is 0 Å². The zero-order chi connectivity index (χ0) is 12.7. The van der Waals surface area contributed by atoms with Gasteiger partial charge >= 0.3 is 5.97 Å². The molecule has 0 bridgehead atoms. The maximum Gasteiger partial charge on any atom is 0.340 e. The molecule has 0 aliphatic carbocycles. The highest BCUT2D eigenvalue weighted by Crippen LogP contribution is 2.20. The van der Waals surface area contributed by atoms with Crippen molar-refractivity contribution in [3.63, 3.8) is 0 Å². The van der Waals surface area contributed by atoms with Gasteiger partial charge in [0.25, 0.3) is 0 Å². The first kappa shape index (κ1) is 13.4. The van der Waals surface area contributed by atoms with Gasteiger partial charge in [-0.15, -0.1) is 0 Å². The van der Waals surface area contributed by atoms with Crippen LogP contribution in [0.15, 0.2) is 18.2 Å². The molecule has 0 aromatic heterocycles. The number of nitrogen functional groups attached to an aromatic ring is 1. The summed E-state index contributed by atoms with van der Waals surface area (Å²) in [5, 5.41) is 0. The molecule has 1 aromatic rings. The lowest BCUT2D eigenvalue weighted by molar-refractivity contribution is 0.0506. The van der Waals surface area contributed by atoms with Crippen molar-refractivity contribution in [1.29, 1.82) is 0 Å². The highest BCUT2D eigenvalue weighted by Gasteiger charge is 2.12. The average molecular weight is 237 g/mol. The van der Waals surface area contributed by atoms with Gasteiger partial charge in [-0.3, -0.25) is 0 Å². The molecule has 0 aliphatic heterocycles. The number of carbonyl (C=O) groups excluding carboxylic acids is 1. The second-order valence-electron chi connectivity index (χ2n) is 3.73. The summed E-state index contributed by atoms with van der Waals surface area (Å²) >= 11 is 0. The van der Waals surface area contributed by atoms with Crippen molar-refractivity contribution in [3.05, 3.63) is 23.8 Å². The van der Waals surface area contributed by atoms with Crippen LogP contribution in [0.5, 0.6) is 5.75 Å². The Kier molecular flexibility index (Phi) is 5.33. The van der Waals surface area contributed by atoms with Crippen LogP contribution in [0.2, 0.25) is 0 Å². The number of ether oxygens (including phenoxy) is 2. The fourth-order valence-corrected chi connectivity index (χ4v) is 1.29. The van der Waals surface area contributed by atoms with E-state index in [9.17, 15) is 4.79 Å². The Morgan fingerprint density at radius 2 is 1.94 bits per heavy atom.